The Kier molecular flexibility index (Phi) is 4.75. The topological polar surface area (TPSA) is 26.7 Å². The molecule has 1 aliphatic heterocycles. The van der Waals surface area contributed by atoms with E-state index in [9.17, 15) is 5.11 Å². The van der Waals surface area contributed by atoms with Gasteiger partial charge < -0.3 is 10.0 Å². The lowest BCUT2D eigenvalue weighted by Gasteiger charge is -2.31. The van der Waals surface area contributed by atoms with Crippen LogP contribution in [0, 0.1) is 0 Å². The third-order valence-electron chi connectivity index (χ3n) is 3.85. The monoisotopic (exact) mass is 248 g/mol. The molecular weight excluding hydrogens is 224 g/mol. The predicted molar refractivity (Wildman–Crippen MR) is 74.7 cm³/mol. The van der Waals surface area contributed by atoms with Gasteiger partial charge in [-0.1, -0.05) is 30.3 Å². The summed E-state index contributed by atoms with van der Waals surface area (Å²) in [4.78, 5) is 4.62. The summed E-state index contributed by atoms with van der Waals surface area (Å²) in [6.45, 7) is 3.14. The van der Waals surface area contributed by atoms with Gasteiger partial charge in [-0.15, -0.1) is 0 Å². The molecule has 3 nitrogen and oxygen atoms in total. The Morgan fingerprint density at radius 3 is 2.67 bits per heavy atom. The highest BCUT2D eigenvalue weighted by atomic mass is 16.3. The number of nitrogens with zero attached hydrogens (tertiary/aromatic N) is 2. The minimum atomic E-state index is -0.294. The molecule has 0 aliphatic carbocycles. The first-order valence-electron chi connectivity index (χ1n) is 6.77. The molecule has 1 aromatic rings. The second-order valence-electron chi connectivity index (χ2n) is 5.42. The average Bonchev–Trinajstić information content (AvgIpc) is 2.52. The molecule has 0 amide bonds. The van der Waals surface area contributed by atoms with E-state index < -0.39 is 0 Å². The van der Waals surface area contributed by atoms with Crippen molar-refractivity contribution >= 4 is 0 Å². The minimum Gasteiger partial charge on any atom is -0.391 e. The second-order valence-corrected chi connectivity index (χ2v) is 5.42. The molecule has 0 saturated carbocycles. The predicted octanol–water partition coefficient (Wildman–Crippen LogP) is 1.23. The number of aliphatic hydroxyl groups excluding tert-OH is 1. The van der Waals surface area contributed by atoms with Crippen LogP contribution in [0.3, 0.4) is 0 Å². The van der Waals surface area contributed by atoms with Gasteiger partial charge in [-0.3, -0.25) is 4.90 Å². The van der Waals surface area contributed by atoms with E-state index in [1.54, 1.807) is 0 Å². The van der Waals surface area contributed by atoms with E-state index in [1.807, 2.05) is 18.2 Å². The van der Waals surface area contributed by atoms with Crippen LogP contribution in [-0.2, 0) is 6.42 Å². The van der Waals surface area contributed by atoms with Crippen molar-refractivity contribution in [3.05, 3.63) is 35.9 Å². The largest absolute Gasteiger partial charge is 0.391 e. The first kappa shape index (κ1) is 13.5. The first-order chi connectivity index (χ1) is 8.66. The smallest absolute Gasteiger partial charge is 0.0747 e. The SMILES string of the molecule is CN1CCCN(C)C(C(O)Cc2ccccc2)C1. The zero-order chi connectivity index (χ0) is 13.0. The normalized spacial score (nSPS) is 24.7. The molecule has 100 valence electrons. The summed E-state index contributed by atoms with van der Waals surface area (Å²) >= 11 is 0. The van der Waals surface area contributed by atoms with E-state index in [0.29, 0.717) is 0 Å². The molecule has 2 atom stereocenters. The van der Waals surface area contributed by atoms with Gasteiger partial charge >= 0.3 is 0 Å². The molecule has 2 unspecified atom stereocenters. The maximum Gasteiger partial charge on any atom is 0.0747 e. The number of rotatable bonds is 3. The molecule has 3 heteroatoms. The maximum atomic E-state index is 10.5. The maximum absolute atomic E-state index is 10.5. The third-order valence-corrected chi connectivity index (χ3v) is 3.85. The number of aliphatic hydroxyl groups is 1. The summed E-state index contributed by atoms with van der Waals surface area (Å²) in [6, 6.07) is 10.5. The van der Waals surface area contributed by atoms with Gasteiger partial charge in [0.05, 0.1) is 6.10 Å². The van der Waals surface area contributed by atoms with Crippen LogP contribution in [0.5, 0.6) is 0 Å². The molecule has 0 bridgehead atoms. The van der Waals surface area contributed by atoms with Crippen molar-refractivity contribution in [2.24, 2.45) is 0 Å². The Hall–Kier alpha value is -0.900. The fraction of sp³-hybridized carbons (Fsp3) is 0.600. The van der Waals surface area contributed by atoms with Crippen molar-refractivity contribution in [1.29, 1.82) is 0 Å². The summed E-state index contributed by atoms with van der Waals surface area (Å²) in [5, 5.41) is 10.5. The van der Waals surface area contributed by atoms with Crippen molar-refractivity contribution in [2.75, 3.05) is 33.7 Å². The standard InChI is InChI=1S/C15H24N2O/c1-16-9-6-10-17(2)14(12-16)15(18)11-13-7-4-3-5-8-13/h3-5,7-8,14-15,18H,6,9-12H2,1-2H3. The molecule has 1 aliphatic rings. The van der Waals surface area contributed by atoms with Crippen LogP contribution in [0.1, 0.15) is 12.0 Å². The van der Waals surface area contributed by atoms with Crippen molar-refractivity contribution in [2.45, 2.75) is 25.0 Å². The average molecular weight is 248 g/mol. The van der Waals surface area contributed by atoms with E-state index >= 15 is 0 Å². The summed E-state index contributed by atoms with van der Waals surface area (Å²) in [5.74, 6) is 0. The molecule has 1 saturated heterocycles. The molecule has 1 heterocycles. The Labute approximate surface area is 110 Å². The number of hydrogen-bond donors (Lipinski definition) is 1. The molecule has 0 radical (unpaired) electrons. The van der Waals surface area contributed by atoms with Gasteiger partial charge in [-0.05, 0) is 45.6 Å². The Balaban J connectivity index is 2.00. The van der Waals surface area contributed by atoms with E-state index in [1.165, 1.54) is 12.0 Å². The number of benzene rings is 1. The zero-order valence-electron chi connectivity index (χ0n) is 11.4. The van der Waals surface area contributed by atoms with E-state index in [0.717, 1.165) is 26.1 Å². The summed E-state index contributed by atoms with van der Waals surface area (Å²) in [5.41, 5.74) is 1.21. The quantitative estimate of drug-likeness (QED) is 0.871. The van der Waals surface area contributed by atoms with Crippen LogP contribution in [-0.4, -0.2) is 60.8 Å². The third kappa shape index (κ3) is 3.55. The van der Waals surface area contributed by atoms with E-state index in [-0.39, 0.29) is 12.1 Å². The highest BCUT2D eigenvalue weighted by Crippen LogP contribution is 2.14. The molecule has 18 heavy (non-hydrogen) atoms. The molecular formula is C15H24N2O. The number of hydrogen-bond acceptors (Lipinski definition) is 3. The number of likely N-dealkylation sites (N-methyl/N-ethyl adjacent to an activating group) is 2. The summed E-state index contributed by atoms with van der Waals surface area (Å²) in [7, 11) is 4.26. The molecule has 0 aromatic heterocycles. The van der Waals surface area contributed by atoms with Gasteiger partial charge in [0.15, 0.2) is 0 Å². The fourth-order valence-electron chi connectivity index (χ4n) is 2.71. The van der Waals surface area contributed by atoms with Crippen LogP contribution in [0.4, 0.5) is 0 Å². The van der Waals surface area contributed by atoms with Crippen LogP contribution in [0.15, 0.2) is 30.3 Å². The lowest BCUT2D eigenvalue weighted by molar-refractivity contribution is 0.0581. The van der Waals surface area contributed by atoms with Crippen LogP contribution in [0.25, 0.3) is 0 Å². The van der Waals surface area contributed by atoms with Crippen LogP contribution < -0.4 is 0 Å². The summed E-state index contributed by atoms with van der Waals surface area (Å²) in [6.07, 6.45) is 1.63. The lowest BCUT2D eigenvalue weighted by Crippen LogP contribution is -2.46. The van der Waals surface area contributed by atoms with Gasteiger partial charge in [0, 0.05) is 12.6 Å². The summed E-state index contributed by atoms with van der Waals surface area (Å²) < 4.78 is 0. The first-order valence-corrected chi connectivity index (χ1v) is 6.77. The molecule has 1 N–H and O–H groups in total. The second kappa shape index (κ2) is 6.32. The van der Waals surface area contributed by atoms with Gasteiger partial charge in [0.25, 0.3) is 0 Å². The molecule has 2 rings (SSSR count). The highest BCUT2D eigenvalue weighted by Gasteiger charge is 2.26. The fourth-order valence-corrected chi connectivity index (χ4v) is 2.71. The Bertz CT molecular complexity index is 355. The van der Waals surface area contributed by atoms with Crippen LogP contribution >= 0.6 is 0 Å². The van der Waals surface area contributed by atoms with Gasteiger partial charge in [0.2, 0.25) is 0 Å². The Morgan fingerprint density at radius 1 is 1.22 bits per heavy atom. The van der Waals surface area contributed by atoms with Crippen molar-refractivity contribution in [3.63, 3.8) is 0 Å². The van der Waals surface area contributed by atoms with Crippen molar-refractivity contribution in [1.82, 2.24) is 9.80 Å². The van der Waals surface area contributed by atoms with Gasteiger partial charge in [-0.2, -0.15) is 0 Å². The lowest BCUT2D eigenvalue weighted by atomic mass is 10.0. The van der Waals surface area contributed by atoms with E-state index in [4.69, 9.17) is 0 Å². The minimum absolute atomic E-state index is 0.234. The van der Waals surface area contributed by atoms with Crippen molar-refractivity contribution in [3.8, 4) is 0 Å². The van der Waals surface area contributed by atoms with Crippen LogP contribution in [0.2, 0.25) is 0 Å². The van der Waals surface area contributed by atoms with Gasteiger partial charge in [0.1, 0.15) is 0 Å². The van der Waals surface area contributed by atoms with Gasteiger partial charge in [-0.25, -0.2) is 0 Å². The van der Waals surface area contributed by atoms with E-state index in [2.05, 4.69) is 36.0 Å². The Morgan fingerprint density at radius 2 is 1.94 bits per heavy atom. The highest BCUT2D eigenvalue weighted by molar-refractivity contribution is 5.16. The van der Waals surface area contributed by atoms with Crippen molar-refractivity contribution < 1.29 is 5.11 Å². The molecule has 1 fully saturated rings. The zero-order valence-corrected chi connectivity index (χ0v) is 11.4. The molecule has 1 aromatic carbocycles. The molecule has 0 spiro atoms.